The molecule has 1 aliphatic heterocycles. The number of para-hydroxylation sites is 1. The summed E-state index contributed by atoms with van der Waals surface area (Å²) >= 11 is 0. The van der Waals surface area contributed by atoms with E-state index in [4.69, 9.17) is 10.5 Å². The van der Waals surface area contributed by atoms with Crippen molar-refractivity contribution >= 4 is 16.6 Å². The standard InChI is InChI=1S/C17H23N3O/c1-17(21-2)8-5-9-20(12-17)16-10-13(11-18)19-15-7-4-3-6-14(15)16/h3-4,6-7,10H,5,8-9,11-12,18H2,1-2H3. The molecule has 0 saturated carbocycles. The van der Waals surface area contributed by atoms with E-state index < -0.39 is 0 Å². The Morgan fingerprint density at radius 1 is 1.38 bits per heavy atom. The molecule has 1 unspecified atom stereocenters. The van der Waals surface area contributed by atoms with Crippen molar-refractivity contribution in [3.05, 3.63) is 36.0 Å². The number of nitrogens with zero attached hydrogens (tertiary/aromatic N) is 2. The van der Waals surface area contributed by atoms with Crippen LogP contribution in [0.5, 0.6) is 0 Å². The molecule has 1 atom stereocenters. The highest BCUT2D eigenvalue weighted by Gasteiger charge is 2.31. The minimum absolute atomic E-state index is 0.0779. The van der Waals surface area contributed by atoms with Gasteiger partial charge in [-0.2, -0.15) is 0 Å². The molecule has 0 amide bonds. The molecule has 0 bridgehead atoms. The van der Waals surface area contributed by atoms with Gasteiger partial charge in [0.15, 0.2) is 0 Å². The molecule has 0 spiro atoms. The summed E-state index contributed by atoms with van der Waals surface area (Å²) in [6.07, 6.45) is 2.24. The zero-order valence-corrected chi connectivity index (χ0v) is 12.8. The Hall–Kier alpha value is -1.65. The maximum atomic E-state index is 5.81. The average Bonchev–Trinajstić information content (AvgIpc) is 2.53. The third-order valence-electron chi connectivity index (χ3n) is 4.45. The largest absolute Gasteiger partial charge is 0.377 e. The molecule has 0 radical (unpaired) electrons. The van der Waals surface area contributed by atoms with Crippen LogP contribution in [0.3, 0.4) is 0 Å². The molecule has 1 aromatic carbocycles. The summed E-state index contributed by atoms with van der Waals surface area (Å²) in [5.41, 5.74) is 8.91. The van der Waals surface area contributed by atoms with Crippen LogP contribution >= 0.6 is 0 Å². The van der Waals surface area contributed by atoms with E-state index in [0.29, 0.717) is 6.54 Å². The van der Waals surface area contributed by atoms with Crippen molar-refractivity contribution in [2.24, 2.45) is 5.73 Å². The van der Waals surface area contributed by atoms with Gasteiger partial charge >= 0.3 is 0 Å². The highest BCUT2D eigenvalue weighted by atomic mass is 16.5. The zero-order chi connectivity index (χ0) is 14.9. The first-order valence-electron chi connectivity index (χ1n) is 7.54. The fraction of sp³-hybridized carbons (Fsp3) is 0.471. The average molecular weight is 285 g/mol. The molecule has 4 heteroatoms. The number of nitrogens with two attached hydrogens (primary N) is 1. The van der Waals surface area contributed by atoms with Crippen LogP contribution in [-0.4, -0.2) is 30.8 Å². The normalized spacial score (nSPS) is 22.7. The van der Waals surface area contributed by atoms with Crippen LogP contribution in [-0.2, 0) is 11.3 Å². The SMILES string of the molecule is COC1(C)CCCN(c2cc(CN)nc3ccccc23)C1. The Labute approximate surface area is 125 Å². The van der Waals surface area contributed by atoms with Crippen LogP contribution < -0.4 is 10.6 Å². The molecule has 4 nitrogen and oxygen atoms in total. The lowest BCUT2D eigenvalue weighted by molar-refractivity contribution is -0.00460. The van der Waals surface area contributed by atoms with Crippen molar-refractivity contribution in [3.8, 4) is 0 Å². The number of benzene rings is 1. The van der Waals surface area contributed by atoms with E-state index in [1.165, 1.54) is 11.1 Å². The molecular weight excluding hydrogens is 262 g/mol. The number of pyridine rings is 1. The molecule has 1 aliphatic rings. The maximum absolute atomic E-state index is 5.81. The van der Waals surface area contributed by atoms with Crippen molar-refractivity contribution < 1.29 is 4.74 Å². The van der Waals surface area contributed by atoms with E-state index in [-0.39, 0.29) is 5.60 Å². The second-order valence-corrected chi connectivity index (χ2v) is 6.03. The van der Waals surface area contributed by atoms with Gasteiger partial charge in [-0.1, -0.05) is 18.2 Å². The minimum Gasteiger partial charge on any atom is -0.377 e. The summed E-state index contributed by atoms with van der Waals surface area (Å²) in [5.74, 6) is 0. The number of hydrogen-bond acceptors (Lipinski definition) is 4. The summed E-state index contributed by atoms with van der Waals surface area (Å²) < 4.78 is 5.72. The summed E-state index contributed by atoms with van der Waals surface area (Å²) in [4.78, 5) is 7.04. The number of fused-ring (bicyclic) bond motifs is 1. The van der Waals surface area contributed by atoms with E-state index in [1.54, 1.807) is 7.11 Å². The third-order valence-corrected chi connectivity index (χ3v) is 4.45. The van der Waals surface area contributed by atoms with E-state index in [1.807, 2.05) is 6.07 Å². The molecule has 1 aromatic heterocycles. The molecule has 0 aliphatic carbocycles. The van der Waals surface area contributed by atoms with E-state index in [0.717, 1.165) is 37.1 Å². The lowest BCUT2D eigenvalue weighted by atomic mass is 9.94. The molecule has 2 aromatic rings. The Balaban J connectivity index is 2.06. The molecule has 2 N–H and O–H groups in total. The van der Waals surface area contributed by atoms with E-state index >= 15 is 0 Å². The zero-order valence-electron chi connectivity index (χ0n) is 12.8. The monoisotopic (exact) mass is 285 g/mol. The van der Waals surface area contributed by atoms with Gasteiger partial charge in [0.2, 0.25) is 0 Å². The molecular formula is C17H23N3O. The second kappa shape index (κ2) is 5.62. The van der Waals surface area contributed by atoms with E-state index in [2.05, 4.69) is 41.1 Å². The fourth-order valence-electron chi connectivity index (χ4n) is 3.15. The lowest BCUT2D eigenvalue weighted by Gasteiger charge is -2.41. The molecule has 2 heterocycles. The number of ether oxygens (including phenoxy) is 1. The van der Waals surface area contributed by atoms with Crippen molar-refractivity contribution in [2.75, 3.05) is 25.1 Å². The van der Waals surface area contributed by atoms with Crippen molar-refractivity contribution in [2.45, 2.75) is 31.9 Å². The summed E-state index contributed by atoms with van der Waals surface area (Å²) in [6.45, 7) is 4.61. The van der Waals surface area contributed by atoms with Crippen LogP contribution in [0.25, 0.3) is 10.9 Å². The second-order valence-electron chi connectivity index (χ2n) is 6.03. The number of aromatic nitrogens is 1. The Bertz CT molecular complexity index is 643. The van der Waals surface area contributed by atoms with Crippen LogP contribution in [0.2, 0.25) is 0 Å². The first-order chi connectivity index (χ1) is 10.1. The quantitative estimate of drug-likeness (QED) is 0.942. The van der Waals surface area contributed by atoms with Gasteiger partial charge in [0.1, 0.15) is 0 Å². The molecule has 1 fully saturated rings. The van der Waals surface area contributed by atoms with Gasteiger partial charge in [-0.15, -0.1) is 0 Å². The van der Waals surface area contributed by atoms with Gasteiger partial charge in [0.25, 0.3) is 0 Å². The number of piperidine rings is 1. The van der Waals surface area contributed by atoms with E-state index in [9.17, 15) is 0 Å². The highest BCUT2D eigenvalue weighted by molar-refractivity contribution is 5.92. The summed E-state index contributed by atoms with van der Waals surface area (Å²) in [7, 11) is 1.81. The highest BCUT2D eigenvalue weighted by Crippen LogP contribution is 2.32. The van der Waals surface area contributed by atoms with Crippen LogP contribution in [0.15, 0.2) is 30.3 Å². The van der Waals surface area contributed by atoms with Gasteiger partial charge in [0.05, 0.1) is 16.8 Å². The van der Waals surface area contributed by atoms with Gasteiger partial charge in [-0.25, -0.2) is 0 Å². The fourth-order valence-corrected chi connectivity index (χ4v) is 3.15. The number of hydrogen-bond donors (Lipinski definition) is 1. The van der Waals surface area contributed by atoms with Crippen LogP contribution in [0.4, 0.5) is 5.69 Å². The third kappa shape index (κ3) is 2.74. The van der Waals surface area contributed by atoms with Gasteiger partial charge in [-0.05, 0) is 31.9 Å². The van der Waals surface area contributed by atoms with Gasteiger partial charge in [0, 0.05) is 37.8 Å². The van der Waals surface area contributed by atoms with Crippen LogP contribution in [0, 0.1) is 0 Å². The first kappa shape index (κ1) is 14.3. The molecule has 1 saturated heterocycles. The van der Waals surface area contributed by atoms with Crippen LogP contribution in [0.1, 0.15) is 25.5 Å². The predicted molar refractivity (Wildman–Crippen MR) is 86.5 cm³/mol. The number of rotatable bonds is 3. The minimum atomic E-state index is -0.0779. The maximum Gasteiger partial charge on any atom is 0.0825 e. The Kier molecular flexibility index (Phi) is 3.83. The van der Waals surface area contributed by atoms with Crippen molar-refractivity contribution in [1.29, 1.82) is 0 Å². The lowest BCUT2D eigenvalue weighted by Crippen LogP contribution is -2.47. The summed E-state index contributed by atoms with van der Waals surface area (Å²) in [5, 5.41) is 1.19. The van der Waals surface area contributed by atoms with Gasteiger partial charge in [-0.3, -0.25) is 4.98 Å². The van der Waals surface area contributed by atoms with Crippen molar-refractivity contribution in [1.82, 2.24) is 4.98 Å². The first-order valence-corrected chi connectivity index (χ1v) is 7.54. The molecule has 3 rings (SSSR count). The number of methoxy groups -OCH3 is 1. The van der Waals surface area contributed by atoms with Gasteiger partial charge < -0.3 is 15.4 Å². The molecule has 112 valence electrons. The topological polar surface area (TPSA) is 51.4 Å². The predicted octanol–water partition coefficient (Wildman–Crippen LogP) is 2.70. The van der Waals surface area contributed by atoms with Crippen molar-refractivity contribution in [3.63, 3.8) is 0 Å². The smallest absolute Gasteiger partial charge is 0.0825 e. The molecule has 21 heavy (non-hydrogen) atoms. The Morgan fingerprint density at radius 3 is 2.95 bits per heavy atom. The Morgan fingerprint density at radius 2 is 2.19 bits per heavy atom. The summed E-state index contributed by atoms with van der Waals surface area (Å²) in [6, 6.07) is 10.4. The number of anilines is 1.